The van der Waals surface area contributed by atoms with Crippen LogP contribution < -0.4 is 9.46 Å². The van der Waals surface area contributed by atoms with Gasteiger partial charge in [-0.05, 0) is 24.3 Å². The predicted molar refractivity (Wildman–Crippen MR) is 60.4 cm³/mol. The van der Waals surface area contributed by atoms with Crippen molar-refractivity contribution in [2.45, 2.75) is 11.8 Å². The highest BCUT2D eigenvalue weighted by atomic mass is 32.2. The second-order valence-electron chi connectivity index (χ2n) is 3.16. The summed E-state index contributed by atoms with van der Waals surface area (Å²) in [5, 5.41) is 8.40. The molecule has 0 bridgehead atoms. The van der Waals surface area contributed by atoms with Crippen molar-refractivity contribution in [1.82, 2.24) is 4.72 Å². The van der Waals surface area contributed by atoms with E-state index < -0.39 is 22.6 Å². The number of sulfonamides is 1. The zero-order valence-electron chi connectivity index (χ0n) is 9.21. The Kier molecular flexibility index (Phi) is 4.47. The van der Waals surface area contributed by atoms with E-state index in [1.165, 1.54) is 24.3 Å². The van der Waals surface area contributed by atoms with E-state index in [-0.39, 0.29) is 4.90 Å². The zero-order chi connectivity index (χ0) is 12.9. The van der Waals surface area contributed by atoms with Crippen LogP contribution in [0, 0.1) is 0 Å². The number of carbonyl (C=O) groups is 1. The van der Waals surface area contributed by atoms with Crippen LogP contribution >= 0.6 is 0 Å². The minimum Gasteiger partial charge on any atom is -0.482 e. The molecule has 1 rings (SSSR count). The summed E-state index contributed by atoms with van der Waals surface area (Å²) < 4.78 is 30.4. The van der Waals surface area contributed by atoms with Crippen LogP contribution in [-0.2, 0) is 14.8 Å². The third kappa shape index (κ3) is 4.04. The predicted octanol–water partition coefficient (Wildman–Crippen LogP) is 0.448. The molecule has 0 fully saturated rings. The maximum absolute atomic E-state index is 11.6. The van der Waals surface area contributed by atoms with Gasteiger partial charge in [0.05, 0.1) is 4.90 Å². The number of nitrogens with one attached hydrogen (secondary N) is 1. The molecule has 2 N–H and O–H groups in total. The number of carboxylic acids is 1. The third-order valence-corrected chi connectivity index (χ3v) is 3.39. The van der Waals surface area contributed by atoms with Crippen molar-refractivity contribution >= 4 is 16.0 Å². The molecular weight excluding hydrogens is 246 g/mol. The fourth-order valence-electron chi connectivity index (χ4n) is 1.13. The molecule has 94 valence electrons. The minimum absolute atomic E-state index is 0.113. The molecule has 0 heterocycles. The fraction of sp³-hybridized carbons (Fsp3) is 0.300. The van der Waals surface area contributed by atoms with Gasteiger partial charge >= 0.3 is 5.97 Å². The molecule has 7 heteroatoms. The number of hydrogen-bond acceptors (Lipinski definition) is 4. The second-order valence-corrected chi connectivity index (χ2v) is 4.92. The number of carboxylic acid groups (broad SMARTS) is 1. The summed E-state index contributed by atoms with van der Waals surface area (Å²) in [6.07, 6.45) is 0. The zero-order valence-corrected chi connectivity index (χ0v) is 10.0. The Balaban J connectivity index is 2.78. The van der Waals surface area contributed by atoms with Gasteiger partial charge < -0.3 is 9.84 Å². The molecule has 0 unspecified atom stereocenters. The summed E-state index contributed by atoms with van der Waals surface area (Å²) >= 11 is 0. The fourth-order valence-corrected chi connectivity index (χ4v) is 2.17. The van der Waals surface area contributed by atoms with Gasteiger partial charge in [0.1, 0.15) is 5.75 Å². The molecule has 1 aromatic rings. The maximum Gasteiger partial charge on any atom is 0.341 e. The summed E-state index contributed by atoms with van der Waals surface area (Å²) in [6.45, 7) is 1.53. The summed E-state index contributed by atoms with van der Waals surface area (Å²) in [6, 6.07) is 5.53. The van der Waals surface area contributed by atoms with Gasteiger partial charge in [-0.15, -0.1) is 0 Å². The van der Waals surface area contributed by atoms with Gasteiger partial charge in [-0.3, -0.25) is 0 Å². The lowest BCUT2D eigenvalue weighted by molar-refractivity contribution is -0.139. The molecule has 0 radical (unpaired) electrons. The largest absolute Gasteiger partial charge is 0.482 e. The molecule has 0 aliphatic rings. The van der Waals surface area contributed by atoms with Crippen molar-refractivity contribution < 1.29 is 23.1 Å². The van der Waals surface area contributed by atoms with Gasteiger partial charge in [0.15, 0.2) is 6.61 Å². The number of aliphatic carboxylic acids is 1. The number of benzene rings is 1. The highest BCUT2D eigenvalue weighted by molar-refractivity contribution is 7.89. The summed E-state index contributed by atoms with van der Waals surface area (Å²) in [5.74, 6) is -0.780. The molecule has 0 spiro atoms. The van der Waals surface area contributed by atoms with E-state index in [0.717, 1.165) is 0 Å². The average molecular weight is 259 g/mol. The summed E-state index contributed by atoms with van der Waals surface area (Å²) in [7, 11) is -3.48. The van der Waals surface area contributed by atoms with Gasteiger partial charge in [0.2, 0.25) is 10.0 Å². The Bertz CT molecular complexity index is 480. The van der Waals surface area contributed by atoms with Gasteiger partial charge in [-0.1, -0.05) is 6.92 Å². The first-order chi connectivity index (χ1) is 7.95. The Morgan fingerprint density at radius 2 is 1.94 bits per heavy atom. The molecule has 0 aliphatic heterocycles. The Morgan fingerprint density at radius 1 is 1.35 bits per heavy atom. The minimum atomic E-state index is -3.48. The van der Waals surface area contributed by atoms with Crippen molar-refractivity contribution in [1.29, 1.82) is 0 Å². The quantitative estimate of drug-likeness (QED) is 0.773. The molecule has 0 saturated heterocycles. The lowest BCUT2D eigenvalue weighted by Gasteiger charge is -2.06. The van der Waals surface area contributed by atoms with Crippen molar-refractivity contribution in [3.8, 4) is 5.75 Å². The molecule has 0 atom stereocenters. The van der Waals surface area contributed by atoms with Crippen LogP contribution in [0.2, 0.25) is 0 Å². The Morgan fingerprint density at radius 3 is 2.41 bits per heavy atom. The van der Waals surface area contributed by atoms with E-state index >= 15 is 0 Å². The Hall–Kier alpha value is -1.60. The van der Waals surface area contributed by atoms with Crippen LogP contribution in [0.25, 0.3) is 0 Å². The standard InChI is InChI=1S/C10H13NO5S/c1-2-11-17(14,15)9-5-3-8(4-6-9)16-7-10(12)13/h3-6,11H,2,7H2,1H3,(H,12,13). The lowest BCUT2D eigenvalue weighted by atomic mass is 10.3. The van der Waals surface area contributed by atoms with Crippen molar-refractivity contribution in [2.24, 2.45) is 0 Å². The first kappa shape index (κ1) is 13.5. The van der Waals surface area contributed by atoms with Crippen LogP contribution in [0.15, 0.2) is 29.2 Å². The van der Waals surface area contributed by atoms with Gasteiger partial charge in [-0.2, -0.15) is 0 Å². The molecule has 0 aliphatic carbocycles. The number of hydrogen-bond donors (Lipinski definition) is 2. The van der Waals surface area contributed by atoms with E-state index in [9.17, 15) is 13.2 Å². The van der Waals surface area contributed by atoms with E-state index in [4.69, 9.17) is 9.84 Å². The monoisotopic (exact) mass is 259 g/mol. The summed E-state index contributed by atoms with van der Waals surface area (Å²) in [5.41, 5.74) is 0. The molecular formula is C10H13NO5S. The highest BCUT2D eigenvalue weighted by Gasteiger charge is 2.12. The SMILES string of the molecule is CCNS(=O)(=O)c1ccc(OCC(=O)O)cc1. The molecule has 0 aromatic heterocycles. The lowest BCUT2D eigenvalue weighted by Crippen LogP contribution is -2.23. The molecule has 6 nitrogen and oxygen atoms in total. The normalized spacial score (nSPS) is 11.1. The van der Waals surface area contributed by atoms with Gasteiger partial charge in [-0.25, -0.2) is 17.9 Å². The van der Waals surface area contributed by atoms with E-state index in [1.54, 1.807) is 6.92 Å². The van der Waals surface area contributed by atoms with Gasteiger partial charge in [0.25, 0.3) is 0 Å². The smallest absolute Gasteiger partial charge is 0.341 e. The van der Waals surface area contributed by atoms with Crippen molar-refractivity contribution in [2.75, 3.05) is 13.2 Å². The number of rotatable bonds is 6. The molecule has 17 heavy (non-hydrogen) atoms. The van der Waals surface area contributed by atoms with Crippen LogP contribution in [0.5, 0.6) is 5.75 Å². The van der Waals surface area contributed by atoms with E-state index in [0.29, 0.717) is 12.3 Å². The third-order valence-electron chi connectivity index (χ3n) is 1.83. The van der Waals surface area contributed by atoms with Crippen molar-refractivity contribution in [3.63, 3.8) is 0 Å². The molecule has 0 saturated carbocycles. The van der Waals surface area contributed by atoms with Crippen LogP contribution in [-0.4, -0.2) is 32.6 Å². The van der Waals surface area contributed by atoms with E-state index in [1.807, 2.05) is 0 Å². The first-order valence-electron chi connectivity index (χ1n) is 4.90. The molecule has 0 amide bonds. The number of ether oxygens (including phenoxy) is 1. The van der Waals surface area contributed by atoms with Crippen LogP contribution in [0.3, 0.4) is 0 Å². The maximum atomic E-state index is 11.6. The average Bonchev–Trinajstić information content (AvgIpc) is 2.27. The highest BCUT2D eigenvalue weighted by Crippen LogP contribution is 2.15. The van der Waals surface area contributed by atoms with Crippen LogP contribution in [0.4, 0.5) is 0 Å². The van der Waals surface area contributed by atoms with Crippen molar-refractivity contribution in [3.05, 3.63) is 24.3 Å². The second kappa shape index (κ2) is 5.65. The Labute approximate surface area is 99.3 Å². The molecule has 1 aromatic carbocycles. The topological polar surface area (TPSA) is 92.7 Å². The van der Waals surface area contributed by atoms with E-state index in [2.05, 4.69) is 4.72 Å². The van der Waals surface area contributed by atoms with Crippen LogP contribution in [0.1, 0.15) is 6.92 Å². The summed E-state index contributed by atoms with van der Waals surface area (Å²) in [4.78, 5) is 10.4. The first-order valence-corrected chi connectivity index (χ1v) is 6.38. The van der Waals surface area contributed by atoms with Gasteiger partial charge in [0, 0.05) is 6.54 Å².